The van der Waals surface area contributed by atoms with Crippen LogP contribution in [-0.2, 0) is 13.0 Å². The second-order valence-electron chi connectivity index (χ2n) is 8.38. The summed E-state index contributed by atoms with van der Waals surface area (Å²) in [5.74, 6) is 0.760. The third-order valence-electron chi connectivity index (χ3n) is 6.46. The number of benzene rings is 1. The molecule has 2 aromatic rings. The van der Waals surface area contributed by atoms with Crippen LogP contribution in [0.2, 0.25) is 0 Å². The van der Waals surface area contributed by atoms with Crippen LogP contribution in [0.25, 0.3) is 10.9 Å². The first-order valence-corrected chi connectivity index (χ1v) is 11.2. The highest BCUT2D eigenvalue weighted by Crippen LogP contribution is 2.19. The molecule has 6 nitrogen and oxygen atoms in total. The van der Waals surface area contributed by atoms with E-state index in [1.165, 1.54) is 32.2 Å². The third-order valence-corrected chi connectivity index (χ3v) is 6.46. The zero-order valence-electron chi connectivity index (χ0n) is 17.5. The largest absolute Gasteiger partial charge is 0.352 e. The summed E-state index contributed by atoms with van der Waals surface area (Å²) in [6.07, 6.45) is 9.02. The van der Waals surface area contributed by atoms with Gasteiger partial charge in [0.05, 0.1) is 10.9 Å². The normalized spacial score (nSPS) is 19.8. The van der Waals surface area contributed by atoms with Gasteiger partial charge in [0.25, 0.3) is 11.5 Å². The lowest BCUT2D eigenvalue weighted by Crippen LogP contribution is -2.40. The lowest BCUT2D eigenvalue weighted by atomic mass is 10.00. The fourth-order valence-corrected chi connectivity index (χ4v) is 4.79. The van der Waals surface area contributed by atoms with Crippen molar-refractivity contribution in [3.63, 3.8) is 0 Å². The third kappa shape index (κ3) is 4.37. The van der Waals surface area contributed by atoms with Gasteiger partial charge >= 0.3 is 0 Å². The molecule has 1 unspecified atom stereocenters. The second-order valence-corrected chi connectivity index (χ2v) is 8.38. The van der Waals surface area contributed by atoms with Crippen LogP contribution in [-0.4, -0.2) is 46.0 Å². The van der Waals surface area contributed by atoms with Crippen LogP contribution in [0, 0.1) is 0 Å². The molecule has 1 fully saturated rings. The van der Waals surface area contributed by atoms with Gasteiger partial charge in [-0.2, -0.15) is 0 Å². The quantitative estimate of drug-likeness (QED) is 0.762. The summed E-state index contributed by atoms with van der Waals surface area (Å²) >= 11 is 0. The molecule has 1 amide bonds. The number of hydrogen-bond donors (Lipinski definition) is 1. The van der Waals surface area contributed by atoms with Gasteiger partial charge in [0.2, 0.25) is 0 Å². The van der Waals surface area contributed by atoms with E-state index >= 15 is 0 Å². The Balaban J connectivity index is 1.38. The molecular formula is C23H32N4O2. The average molecular weight is 397 g/mol. The van der Waals surface area contributed by atoms with Crippen molar-refractivity contribution < 1.29 is 4.79 Å². The maximum atomic E-state index is 12.7. The highest BCUT2D eigenvalue weighted by molar-refractivity contribution is 5.97. The monoisotopic (exact) mass is 396 g/mol. The lowest BCUT2D eigenvalue weighted by molar-refractivity contribution is 0.0947. The van der Waals surface area contributed by atoms with Gasteiger partial charge in [-0.05, 0) is 63.3 Å². The first-order valence-electron chi connectivity index (χ1n) is 11.2. The van der Waals surface area contributed by atoms with Crippen molar-refractivity contribution in [2.24, 2.45) is 0 Å². The molecule has 1 aromatic carbocycles. The molecule has 0 saturated carbocycles. The molecule has 2 aliphatic rings. The summed E-state index contributed by atoms with van der Waals surface area (Å²) < 4.78 is 1.79. The molecule has 1 aromatic heterocycles. The fraction of sp³-hybridized carbons (Fsp3) is 0.609. The van der Waals surface area contributed by atoms with Crippen molar-refractivity contribution in [2.75, 3.05) is 19.6 Å². The van der Waals surface area contributed by atoms with Crippen LogP contribution in [0.15, 0.2) is 23.0 Å². The Morgan fingerprint density at radius 1 is 1.21 bits per heavy atom. The van der Waals surface area contributed by atoms with Gasteiger partial charge < -0.3 is 10.2 Å². The molecule has 2 aliphatic heterocycles. The zero-order chi connectivity index (χ0) is 20.2. The topological polar surface area (TPSA) is 67.2 Å². The summed E-state index contributed by atoms with van der Waals surface area (Å²) in [5.41, 5.74) is 1.23. The summed E-state index contributed by atoms with van der Waals surface area (Å²) in [7, 11) is 0. The molecule has 1 N–H and O–H groups in total. The minimum absolute atomic E-state index is 0.0173. The zero-order valence-corrected chi connectivity index (χ0v) is 17.5. The first kappa shape index (κ1) is 20.1. The number of carbonyl (C=O) groups is 1. The van der Waals surface area contributed by atoms with Crippen LogP contribution in [0.3, 0.4) is 0 Å². The van der Waals surface area contributed by atoms with Gasteiger partial charge in [-0.3, -0.25) is 14.2 Å². The van der Waals surface area contributed by atoms with E-state index in [1.807, 2.05) is 0 Å². The summed E-state index contributed by atoms with van der Waals surface area (Å²) in [5, 5.41) is 3.64. The Labute approximate surface area is 172 Å². The molecule has 0 bridgehead atoms. The number of likely N-dealkylation sites (tertiary alicyclic amines) is 1. The van der Waals surface area contributed by atoms with Crippen molar-refractivity contribution in [3.05, 3.63) is 39.9 Å². The highest BCUT2D eigenvalue weighted by atomic mass is 16.1. The molecule has 29 heavy (non-hydrogen) atoms. The van der Waals surface area contributed by atoms with Gasteiger partial charge in [0.15, 0.2) is 0 Å². The molecule has 1 saturated heterocycles. The van der Waals surface area contributed by atoms with Gasteiger partial charge in [-0.25, -0.2) is 4.98 Å². The molecule has 3 heterocycles. The number of hydrogen-bond acceptors (Lipinski definition) is 4. The lowest BCUT2D eigenvalue weighted by Gasteiger charge is -2.35. The molecule has 0 radical (unpaired) electrons. The molecule has 0 aliphatic carbocycles. The Morgan fingerprint density at radius 3 is 2.93 bits per heavy atom. The summed E-state index contributed by atoms with van der Waals surface area (Å²) in [4.78, 5) is 32.5. The van der Waals surface area contributed by atoms with E-state index in [0.29, 0.717) is 29.1 Å². The number of amides is 1. The van der Waals surface area contributed by atoms with Crippen molar-refractivity contribution in [1.82, 2.24) is 19.8 Å². The van der Waals surface area contributed by atoms with Crippen LogP contribution in [0.5, 0.6) is 0 Å². The van der Waals surface area contributed by atoms with Crippen molar-refractivity contribution in [2.45, 2.75) is 70.9 Å². The molecule has 156 valence electrons. The van der Waals surface area contributed by atoms with E-state index in [1.54, 1.807) is 22.8 Å². The number of rotatable bonds is 6. The Kier molecular flexibility index (Phi) is 6.28. The smallest absolute Gasteiger partial charge is 0.261 e. The van der Waals surface area contributed by atoms with Crippen molar-refractivity contribution in [3.8, 4) is 0 Å². The number of nitrogens with one attached hydrogen (secondary N) is 1. The maximum absolute atomic E-state index is 12.7. The van der Waals surface area contributed by atoms with Crippen molar-refractivity contribution in [1.29, 1.82) is 0 Å². The molecule has 0 spiro atoms. The van der Waals surface area contributed by atoms with Crippen LogP contribution in [0.4, 0.5) is 0 Å². The number of fused-ring (bicyclic) bond motifs is 2. The maximum Gasteiger partial charge on any atom is 0.261 e. The van der Waals surface area contributed by atoms with E-state index in [9.17, 15) is 9.59 Å². The minimum atomic E-state index is -0.0859. The number of carbonyl (C=O) groups excluding carboxylic acids is 1. The SMILES string of the molecule is CCC1CCCCN1CCCNC(=O)c1ccc2c(=O)n3c(nc2c1)CCCC3. The standard InChI is InChI=1S/C23H32N4O2/c1-2-18-8-3-5-13-26(18)14-7-12-24-22(28)17-10-11-19-20(16-17)25-21-9-4-6-15-27(21)23(19)29/h10-11,16,18H,2-9,12-15H2,1H3,(H,24,28). The first-order chi connectivity index (χ1) is 14.2. The molecular weight excluding hydrogens is 364 g/mol. The fourth-order valence-electron chi connectivity index (χ4n) is 4.79. The predicted molar refractivity (Wildman–Crippen MR) is 115 cm³/mol. The van der Waals surface area contributed by atoms with Gasteiger partial charge in [-0.1, -0.05) is 13.3 Å². The minimum Gasteiger partial charge on any atom is -0.352 e. The second kappa shape index (κ2) is 9.08. The molecule has 6 heteroatoms. The predicted octanol–water partition coefficient (Wildman–Crippen LogP) is 3.12. The Bertz CT molecular complexity index is 936. The van der Waals surface area contributed by atoms with Gasteiger partial charge in [0, 0.05) is 37.7 Å². The number of nitrogens with zero attached hydrogens (tertiary/aromatic N) is 3. The number of piperidine rings is 1. The average Bonchev–Trinajstić information content (AvgIpc) is 2.76. The van der Waals surface area contributed by atoms with E-state index in [0.717, 1.165) is 44.6 Å². The van der Waals surface area contributed by atoms with E-state index < -0.39 is 0 Å². The highest BCUT2D eigenvalue weighted by Gasteiger charge is 2.20. The van der Waals surface area contributed by atoms with Gasteiger partial charge in [-0.15, -0.1) is 0 Å². The summed E-state index contributed by atoms with van der Waals surface area (Å²) in [6.45, 7) is 5.91. The Hall–Kier alpha value is -2.21. The molecule has 1 atom stereocenters. The molecule has 4 rings (SSSR count). The van der Waals surface area contributed by atoms with Crippen molar-refractivity contribution >= 4 is 16.8 Å². The van der Waals surface area contributed by atoms with Crippen LogP contribution < -0.4 is 10.9 Å². The number of aromatic nitrogens is 2. The summed E-state index contributed by atoms with van der Waals surface area (Å²) in [6, 6.07) is 5.96. The number of aryl methyl sites for hydroxylation is 1. The van der Waals surface area contributed by atoms with E-state index in [-0.39, 0.29) is 11.5 Å². The van der Waals surface area contributed by atoms with Crippen LogP contribution >= 0.6 is 0 Å². The van der Waals surface area contributed by atoms with Crippen LogP contribution in [0.1, 0.15) is 68.1 Å². The van der Waals surface area contributed by atoms with E-state index in [4.69, 9.17) is 0 Å². The van der Waals surface area contributed by atoms with Gasteiger partial charge in [0.1, 0.15) is 5.82 Å². The Morgan fingerprint density at radius 2 is 2.07 bits per heavy atom. The van der Waals surface area contributed by atoms with E-state index in [2.05, 4.69) is 22.1 Å².